The normalized spacial score (nSPS) is 14.1. The summed E-state index contributed by atoms with van der Waals surface area (Å²) in [5.74, 6) is 0. The van der Waals surface area contributed by atoms with Gasteiger partial charge in [0.2, 0.25) is 0 Å². The lowest BCUT2D eigenvalue weighted by Crippen LogP contribution is -2.13. The number of ether oxygens (including phenoxy) is 1. The van der Waals surface area contributed by atoms with Crippen LogP contribution in [0.15, 0.2) is 0 Å². The molecule has 0 aromatic carbocycles. The second-order valence-electron chi connectivity index (χ2n) is 1.45. The van der Waals surface area contributed by atoms with E-state index >= 15 is 0 Å². The van der Waals surface area contributed by atoms with E-state index in [0.717, 1.165) is 6.42 Å². The molecule has 0 unspecified atom stereocenters. The molecule has 44 valence electrons. The molecule has 0 rings (SSSR count). The van der Waals surface area contributed by atoms with Gasteiger partial charge in [-0.3, -0.25) is 0 Å². The van der Waals surface area contributed by atoms with Crippen molar-refractivity contribution in [3.8, 4) is 0 Å². The van der Waals surface area contributed by atoms with E-state index in [1.807, 2.05) is 6.92 Å². The summed E-state index contributed by atoms with van der Waals surface area (Å²) in [7, 11) is 1.60. The smallest absolute Gasteiger partial charge is 0.0799 e. The van der Waals surface area contributed by atoms with Crippen LogP contribution >= 0.6 is 0 Å². The summed E-state index contributed by atoms with van der Waals surface area (Å²) >= 11 is 0. The Labute approximate surface area is 44.1 Å². The van der Waals surface area contributed by atoms with Crippen molar-refractivity contribution in [1.82, 2.24) is 0 Å². The average molecular weight is 104 g/mol. The predicted octanol–water partition coefficient (Wildman–Crippen LogP) is 0.404. The van der Waals surface area contributed by atoms with Gasteiger partial charge in [0.1, 0.15) is 0 Å². The number of aliphatic hydroxyl groups excluding tert-OH is 1. The molecule has 0 aromatic heterocycles. The van der Waals surface area contributed by atoms with Crippen molar-refractivity contribution in [2.75, 3.05) is 13.7 Å². The Balaban J connectivity index is 2.99. The maximum Gasteiger partial charge on any atom is 0.0799 e. The van der Waals surface area contributed by atoms with Crippen LogP contribution in [0.1, 0.15) is 13.3 Å². The summed E-state index contributed by atoms with van der Waals surface area (Å²) in [5, 5.41) is 8.40. The molecule has 1 atom stereocenters. The summed E-state index contributed by atoms with van der Waals surface area (Å²) in [6, 6.07) is 0. The summed E-state index contributed by atoms with van der Waals surface area (Å²) in [5.41, 5.74) is 0. The van der Waals surface area contributed by atoms with Crippen LogP contribution in [0.4, 0.5) is 0 Å². The van der Waals surface area contributed by atoms with E-state index in [9.17, 15) is 0 Å². The highest BCUT2D eigenvalue weighted by Gasteiger charge is 1.97. The molecule has 0 amide bonds. The van der Waals surface area contributed by atoms with Gasteiger partial charge in [-0.25, -0.2) is 0 Å². The van der Waals surface area contributed by atoms with Gasteiger partial charge in [-0.2, -0.15) is 0 Å². The standard InChI is InChI=1S/C5H12O2/c1-3-5(4-6)7-2/h5-6H,3-4H2,1-2H3/t5-/m0/s1. The molecule has 0 saturated heterocycles. The Morgan fingerprint density at radius 2 is 2.29 bits per heavy atom. The SMILES string of the molecule is CC[C@@H](CO)OC. The highest BCUT2D eigenvalue weighted by atomic mass is 16.5. The Bertz CT molecular complexity index is 27.6. The van der Waals surface area contributed by atoms with E-state index in [2.05, 4.69) is 0 Å². The second kappa shape index (κ2) is 4.09. The van der Waals surface area contributed by atoms with Crippen LogP contribution in [0.2, 0.25) is 0 Å². The Hall–Kier alpha value is -0.0800. The van der Waals surface area contributed by atoms with E-state index in [1.165, 1.54) is 0 Å². The first-order valence-corrected chi connectivity index (χ1v) is 2.48. The maximum absolute atomic E-state index is 8.40. The fourth-order valence-corrected chi connectivity index (χ4v) is 0.370. The number of aliphatic hydroxyl groups is 1. The minimum absolute atomic E-state index is 0.0417. The van der Waals surface area contributed by atoms with Crippen LogP contribution in [0.25, 0.3) is 0 Å². The van der Waals surface area contributed by atoms with E-state index in [0.29, 0.717) is 0 Å². The molecular formula is C5H12O2. The minimum atomic E-state index is 0.0417. The number of methoxy groups -OCH3 is 1. The van der Waals surface area contributed by atoms with Gasteiger partial charge in [0.05, 0.1) is 12.7 Å². The maximum atomic E-state index is 8.40. The molecule has 0 fully saturated rings. The zero-order chi connectivity index (χ0) is 5.70. The molecule has 0 aliphatic carbocycles. The van der Waals surface area contributed by atoms with Gasteiger partial charge in [-0.05, 0) is 6.42 Å². The molecule has 0 aliphatic heterocycles. The summed E-state index contributed by atoms with van der Waals surface area (Å²) in [4.78, 5) is 0. The van der Waals surface area contributed by atoms with Crippen LogP contribution in [0.5, 0.6) is 0 Å². The lowest BCUT2D eigenvalue weighted by molar-refractivity contribution is 0.0467. The van der Waals surface area contributed by atoms with Crippen molar-refractivity contribution in [1.29, 1.82) is 0 Å². The third kappa shape index (κ3) is 2.60. The number of hydrogen-bond acceptors (Lipinski definition) is 2. The van der Waals surface area contributed by atoms with Crippen LogP contribution in [0, 0.1) is 0 Å². The highest BCUT2D eigenvalue weighted by molar-refractivity contribution is 4.47. The topological polar surface area (TPSA) is 29.5 Å². The first kappa shape index (κ1) is 6.92. The van der Waals surface area contributed by atoms with Gasteiger partial charge in [0, 0.05) is 7.11 Å². The molecule has 0 aromatic rings. The van der Waals surface area contributed by atoms with Crippen molar-refractivity contribution in [3.05, 3.63) is 0 Å². The first-order chi connectivity index (χ1) is 3.35. The summed E-state index contributed by atoms with van der Waals surface area (Å²) in [6.45, 7) is 2.11. The van der Waals surface area contributed by atoms with Crippen LogP contribution < -0.4 is 0 Å². The van der Waals surface area contributed by atoms with Crippen molar-refractivity contribution in [2.45, 2.75) is 19.4 Å². The fourth-order valence-electron chi connectivity index (χ4n) is 0.370. The molecule has 0 saturated carbocycles. The van der Waals surface area contributed by atoms with Gasteiger partial charge in [0.15, 0.2) is 0 Å². The quantitative estimate of drug-likeness (QED) is 0.561. The van der Waals surface area contributed by atoms with Gasteiger partial charge in [-0.15, -0.1) is 0 Å². The third-order valence-electron chi connectivity index (χ3n) is 0.992. The van der Waals surface area contributed by atoms with E-state index in [4.69, 9.17) is 9.84 Å². The van der Waals surface area contributed by atoms with Crippen molar-refractivity contribution in [3.63, 3.8) is 0 Å². The van der Waals surface area contributed by atoms with Crippen LogP contribution in [-0.4, -0.2) is 24.9 Å². The van der Waals surface area contributed by atoms with Crippen molar-refractivity contribution >= 4 is 0 Å². The molecule has 0 aliphatic rings. The molecule has 7 heavy (non-hydrogen) atoms. The van der Waals surface area contributed by atoms with Gasteiger partial charge in [0.25, 0.3) is 0 Å². The molecular weight excluding hydrogens is 92.1 g/mol. The fraction of sp³-hybridized carbons (Fsp3) is 1.00. The molecule has 0 heterocycles. The molecule has 0 spiro atoms. The average Bonchev–Trinajstić information content (AvgIpc) is 1.72. The van der Waals surface area contributed by atoms with Crippen molar-refractivity contribution in [2.24, 2.45) is 0 Å². The molecule has 0 bridgehead atoms. The third-order valence-corrected chi connectivity index (χ3v) is 0.992. The Morgan fingerprint density at radius 1 is 1.71 bits per heavy atom. The van der Waals surface area contributed by atoms with Crippen LogP contribution in [0.3, 0.4) is 0 Å². The zero-order valence-electron chi connectivity index (χ0n) is 4.85. The van der Waals surface area contributed by atoms with Gasteiger partial charge >= 0.3 is 0 Å². The molecule has 2 nitrogen and oxygen atoms in total. The zero-order valence-corrected chi connectivity index (χ0v) is 4.85. The lowest BCUT2D eigenvalue weighted by Gasteiger charge is -2.06. The van der Waals surface area contributed by atoms with Crippen molar-refractivity contribution < 1.29 is 9.84 Å². The molecule has 2 heteroatoms. The second-order valence-corrected chi connectivity index (χ2v) is 1.45. The van der Waals surface area contributed by atoms with Gasteiger partial charge in [-0.1, -0.05) is 6.92 Å². The predicted molar refractivity (Wildman–Crippen MR) is 28.2 cm³/mol. The van der Waals surface area contributed by atoms with E-state index in [1.54, 1.807) is 7.11 Å². The highest BCUT2D eigenvalue weighted by Crippen LogP contribution is 1.91. The Kier molecular flexibility index (Phi) is 4.04. The minimum Gasteiger partial charge on any atom is -0.394 e. The van der Waals surface area contributed by atoms with Crippen LogP contribution in [-0.2, 0) is 4.74 Å². The number of hydrogen-bond donors (Lipinski definition) is 1. The monoisotopic (exact) mass is 104 g/mol. The molecule has 0 radical (unpaired) electrons. The van der Waals surface area contributed by atoms with E-state index in [-0.39, 0.29) is 12.7 Å². The molecule has 1 N–H and O–H groups in total. The number of rotatable bonds is 3. The Morgan fingerprint density at radius 3 is 2.29 bits per heavy atom. The lowest BCUT2D eigenvalue weighted by atomic mass is 10.3. The summed E-state index contributed by atoms with van der Waals surface area (Å²) < 4.78 is 4.80. The van der Waals surface area contributed by atoms with Gasteiger partial charge < -0.3 is 9.84 Å². The largest absolute Gasteiger partial charge is 0.394 e. The summed E-state index contributed by atoms with van der Waals surface area (Å²) in [6.07, 6.45) is 0.924. The first-order valence-electron chi connectivity index (χ1n) is 2.48. The van der Waals surface area contributed by atoms with E-state index < -0.39 is 0 Å².